The van der Waals surface area contributed by atoms with Crippen LogP contribution in [0.2, 0.25) is 0 Å². The average Bonchev–Trinajstić information content (AvgIpc) is 3.41. The molecule has 46 heavy (non-hydrogen) atoms. The van der Waals surface area contributed by atoms with E-state index in [1.165, 1.54) is 19.2 Å². The molecule has 0 fully saturated rings. The molecule has 0 amide bonds. The third-order valence-electron chi connectivity index (χ3n) is 6.68. The van der Waals surface area contributed by atoms with Gasteiger partial charge in [0.15, 0.2) is 0 Å². The lowest BCUT2D eigenvalue weighted by molar-refractivity contribution is -0.192. The molecule has 0 aliphatic rings. The summed E-state index contributed by atoms with van der Waals surface area (Å²) < 4.78 is 71.4. The second-order valence-corrected chi connectivity index (χ2v) is 12.3. The molecular weight excluding hydrogens is 631 g/mol. The topological polar surface area (TPSA) is 156 Å². The van der Waals surface area contributed by atoms with Crippen LogP contribution < -0.4 is 14.8 Å². The minimum absolute atomic E-state index is 0.171. The van der Waals surface area contributed by atoms with E-state index < -0.39 is 34.4 Å². The maximum Gasteiger partial charge on any atom is 0.513 e. The molecule has 0 spiro atoms. The number of hydrogen-bond donors (Lipinski definition) is 4. The number of nitrogens with one attached hydrogen (secondary N) is 2. The van der Waals surface area contributed by atoms with Crippen molar-refractivity contribution < 1.29 is 50.9 Å². The van der Waals surface area contributed by atoms with Crippen LogP contribution in [0.15, 0.2) is 90.0 Å². The zero-order valence-corrected chi connectivity index (χ0v) is 25.9. The quantitative estimate of drug-likeness (QED) is 0.116. The van der Waals surface area contributed by atoms with Crippen molar-refractivity contribution in [1.29, 1.82) is 0 Å². The number of aryl methyl sites for hydroxylation is 1. The van der Waals surface area contributed by atoms with E-state index in [1.807, 2.05) is 18.3 Å². The van der Waals surface area contributed by atoms with Crippen molar-refractivity contribution in [2.24, 2.45) is 0 Å². The fraction of sp³-hybridized carbons (Fsp3) is 0.290. The molecular formula is C31H34F3N3O8S. The highest BCUT2D eigenvalue weighted by Gasteiger charge is 2.38. The number of aliphatic hydroxyl groups is 1. The summed E-state index contributed by atoms with van der Waals surface area (Å²) in [7, 11) is -2.46. The molecule has 248 valence electrons. The van der Waals surface area contributed by atoms with Crippen molar-refractivity contribution in [3.63, 3.8) is 0 Å². The number of carboxylic acid groups (broad SMARTS) is 1. The minimum atomic E-state index is -5.08. The van der Waals surface area contributed by atoms with Gasteiger partial charge in [-0.1, -0.05) is 30.3 Å². The SMILES string of the molecule is COC(=O)Oc1ccc2c(ccn2CCC(C)(C)NC[C@H](O)c2cccc(NS(=O)(=O)c3ccccc3)c2)c1.O=C(O)C(F)(F)F. The highest BCUT2D eigenvalue weighted by Crippen LogP contribution is 2.25. The number of rotatable bonds is 11. The normalized spacial score (nSPS) is 12.5. The first-order valence-corrected chi connectivity index (χ1v) is 15.2. The minimum Gasteiger partial charge on any atom is -0.475 e. The van der Waals surface area contributed by atoms with Crippen LogP contribution in [-0.4, -0.2) is 60.7 Å². The van der Waals surface area contributed by atoms with Crippen molar-refractivity contribution in [2.45, 2.75) is 49.5 Å². The second kappa shape index (κ2) is 15.1. The van der Waals surface area contributed by atoms with Crippen LogP contribution in [0.3, 0.4) is 0 Å². The molecule has 0 aliphatic carbocycles. The molecule has 0 saturated carbocycles. The van der Waals surface area contributed by atoms with E-state index in [9.17, 15) is 31.5 Å². The number of sulfonamides is 1. The fourth-order valence-corrected chi connectivity index (χ4v) is 5.25. The van der Waals surface area contributed by atoms with Gasteiger partial charge in [-0.3, -0.25) is 4.72 Å². The van der Waals surface area contributed by atoms with E-state index in [0.29, 0.717) is 23.5 Å². The molecule has 0 unspecified atom stereocenters. The number of aromatic nitrogens is 1. The molecule has 0 aliphatic heterocycles. The van der Waals surface area contributed by atoms with Gasteiger partial charge in [0.2, 0.25) is 0 Å². The first-order valence-electron chi connectivity index (χ1n) is 13.8. The summed E-state index contributed by atoms with van der Waals surface area (Å²) in [6, 6.07) is 22.3. The Labute approximate surface area is 263 Å². The molecule has 0 radical (unpaired) electrons. The number of nitrogens with zero attached hydrogens (tertiary/aromatic N) is 1. The Balaban J connectivity index is 0.000000738. The monoisotopic (exact) mass is 665 g/mol. The molecule has 1 atom stereocenters. The molecule has 4 rings (SSSR count). The maximum atomic E-state index is 12.6. The summed E-state index contributed by atoms with van der Waals surface area (Å²) in [5.74, 6) is -2.34. The van der Waals surface area contributed by atoms with Crippen molar-refractivity contribution in [3.8, 4) is 5.75 Å². The third-order valence-corrected chi connectivity index (χ3v) is 8.08. The smallest absolute Gasteiger partial charge is 0.475 e. The maximum absolute atomic E-state index is 12.6. The molecule has 4 N–H and O–H groups in total. The van der Waals surface area contributed by atoms with Crippen LogP contribution in [0.25, 0.3) is 10.9 Å². The van der Waals surface area contributed by atoms with Gasteiger partial charge in [0.05, 0.1) is 18.1 Å². The van der Waals surface area contributed by atoms with E-state index in [2.05, 4.69) is 33.2 Å². The van der Waals surface area contributed by atoms with Crippen LogP contribution in [-0.2, 0) is 26.1 Å². The van der Waals surface area contributed by atoms with Crippen molar-refractivity contribution in [2.75, 3.05) is 18.4 Å². The number of anilines is 1. The Morgan fingerprint density at radius 2 is 1.65 bits per heavy atom. The Kier molecular flexibility index (Phi) is 11.8. The third kappa shape index (κ3) is 10.5. The van der Waals surface area contributed by atoms with Gasteiger partial charge in [-0.15, -0.1) is 0 Å². The number of hydrogen-bond acceptors (Lipinski definition) is 8. The first-order chi connectivity index (χ1) is 21.5. The number of halogens is 3. The Hall–Kier alpha value is -4.60. The van der Waals surface area contributed by atoms with Gasteiger partial charge < -0.3 is 29.6 Å². The van der Waals surface area contributed by atoms with E-state index in [4.69, 9.17) is 14.6 Å². The summed E-state index contributed by atoms with van der Waals surface area (Å²) in [4.78, 5) is 20.4. The molecule has 1 aromatic heterocycles. The van der Waals surface area contributed by atoms with Gasteiger partial charge in [-0.25, -0.2) is 18.0 Å². The van der Waals surface area contributed by atoms with Crippen molar-refractivity contribution >= 4 is 38.7 Å². The number of aliphatic carboxylic acids is 1. The van der Waals surface area contributed by atoms with Crippen LogP contribution >= 0.6 is 0 Å². The van der Waals surface area contributed by atoms with Gasteiger partial charge in [0.25, 0.3) is 10.0 Å². The van der Waals surface area contributed by atoms with E-state index >= 15 is 0 Å². The number of fused-ring (bicyclic) bond motifs is 1. The van der Waals surface area contributed by atoms with Crippen LogP contribution in [0.4, 0.5) is 23.7 Å². The zero-order chi connectivity index (χ0) is 34.1. The van der Waals surface area contributed by atoms with Gasteiger partial charge in [0.1, 0.15) is 5.75 Å². The molecule has 1 heterocycles. The van der Waals surface area contributed by atoms with Crippen LogP contribution in [0, 0.1) is 0 Å². The summed E-state index contributed by atoms with van der Waals surface area (Å²) in [5, 5.41) is 22.3. The number of aliphatic hydroxyl groups excluding tert-OH is 1. The van der Waals surface area contributed by atoms with Crippen LogP contribution in [0.1, 0.15) is 31.9 Å². The zero-order valence-electron chi connectivity index (χ0n) is 25.1. The standard InChI is InChI=1S/C29H33N3O6S.C2HF3O2/c1-29(2,15-17-32-16-14-21-19-24(12-13-26(21)32)38-28(34)37-3)30-20-27(33)22-8-7-9-23(18-22)31-39(35,36)25-10-5-4-6-11-25;3-2(4,5)1(6)7/h4-14,16,18-19,27,30-31,33H,15,17,20H2,1-3H3;(H,6,7)/t27-;/m0./s1. The van der Waals surface area contributed by atoms with E-state index in [1.54, 1.807) is 54.6 Å². The summed E-state index contributed by atoms with van der Waals surface area (Å²) >= 11 is 0. The van der Waals surface area contributed by atoms with Gasteiger partial charge in [-0.2, -0.15) is 13.2 Å². The Bertz CT molecular complexity index is 1740. The highest BCUT2D eigenvalue weighted by molar-refractivity contribution is 7.92. The van der Waals surface area contributed by atoms with Crippen LogP contribution in [0.5, 0.6) is 5.75 Å². The van der Waals surface area contributed by atoms with Crippen molar-refractivity contribution in [1.82, 2.24) is 9.88 Å². The lowest BCUT2D eigenvalue weighted by Gasteiger charge is -2.28. The fourth-order valence-electron chi connectivity index (χ4n) is 4.18. The number of carbonyl (C=O) groups excluding carboxylic acids is 1. The number of methoxy groups -OCH3 is 1. The lowest BCUT2D eigenvalue weighted by atomic mass is 9.99. The van der Waals surface area contributed by atoms with Gasteiger partial charge in [-0.05, 0) is 74.4 Å². The van der Waals surface area contributed by atoms with E-state index in [-0.39, 0.29) is 10.4 Å². The average molecular weight is 666 g/mol. The summed E-state index contributed by atoms with van der Waals surface area (Å²) in [6.45, 7) is 5.16. The summed E-state index contributed by atoms with van der Waals surface area (Å²) in [5.41, 5.74) is 1.71. The molecule has 4 aromatic rings. The number of benzene rings is 3. The molecule has 15 heteroatoms. The predicted molar refractivity (Wildman–Crippen MR) is 164 cm³/mol. The van der Waals surface area contributed by atoms with Gasteiger partial charge >= 0.3 is 18.3 Å². The van der Waals surface area contributed by atoms with Crippen molar-refractivity contribution in [3.05, 3.63) is 90.6 Å². The Morgan fingerprint density at radius 1 is 0.978 bits per heavy atom. The molecule has 0 saturated heterocycles. The van der Waals surface area contributed by atoms with E-state index in [0.717, 1.165) is 23.9 Å². The lowest BCUT2D eigenvalue weighted by Crippen LogP contribution is -2.42. The molecule has 3 aromatic carbocycles. The highest BCUT2D eigenvalue weighted by atomic mass is 32.2. The number of β-amino-alcohol motifs (C(OH)–C–C–N with tert-alkyl or cyclic N) is 1. The number of carboxylic acids is 1. The predicted octanol–water partition coefficient (Wildman–Crippen LogP) is 5.71. The first kappa shape index (κ1) is 35.9. The second-order valence-electron chi connectivity index (χ2n) is 10.7. The largest absolute Gasteiger partial charge is 0.513 e. The molecule has 11 nitrogen and oxygen atoms in total. The molecule has 0 bridgehead atoms. The number of ether oxygens (including phenoxy) is 2. The van der Waals surface area contributed by atoms with Gasteiger partial charge in [0, 0.05) is 41.4 Å². The number of alkyl halides is 3. The number of carbonyl (C=O) groups is 2. The summed E-state index contributed by atoms with van der Waals surface area (Å²) in [6.07, 6.45) is -3.91. The Morgan fingerprint density at radius 3 is 2.28 bits per heavy atom.